The van der Waals surface area contributed by atoms with Crippen molar-refractivity contribution >= 4 is 5.91 Å². The van der Waals surface area contributed by atoms with Crippen LogP contribution < -0.4 is 14.8 Å². The fourth-order valence-electron chi connectivity index (χ4n) is 2.74. The average molecular weight is 306 g/mol. The van der Waals surface area contributed by atoms with Gasteiger partial charge in [-0.2, -0.15) is 0 Å². The van der Waals surface area contributed by atoms with Crippen molar-refractivity contribution in [2.24, 2.45) is 0 Å². The molecule has 2 aliphatic rings. The van der Waals surface area contributed by atoms with Crippen molar-refractivity contribution in [3.63, 3.8) is 0 Å². The minimum atomic E-state index is -0.0396. The Morgan fingerprint density at radius 2 is 1.95 bits per heavy atom. The molecule has 1 aromatic carbocycles. The summed E-state index contributed by atoms with van der Waals surface area (Å²) < 4.78 is 11.0. The van der Waals surface area contributed by atoms with Gasteiger partial charge in [-0.25, -0.2) is 0 Å². The molecule has 0 radical (unpaired) electrons. The summed E-state index contributed by atoms with van der Waals surface area (Å²) in [6.45, 7) is 7.12. The first-order valence-electron chi connectivity index (χ1n) is 8.11. The fraction of sp³-hybridized carbons (Fsp3) is 0.588. The van der Waals surface area contributed by atoms with Crippen LogP contribution in [0.25, 0.3) is 0 Å². The maximum Gasteiger partial charge on any atom is 0.251 e. The average Bonchev–Trinajstić information content (AvgIpc) is 2.56. The van der Waals surface area contributed by atoms with Crippen molar-refractivity contribution in [2.75, 3.05) is 33.4 Å². The lowest BCUT2D eigenvalue weighted by molar-refractivity contribution is 0.0911. The Kier molecular flexibility index (Phi) is 6.07. The second kappa shape index (κ2) is 8.03. The van der Waals surface area contributed by atoms with Crippen LogP contribution >= 0.6 is 0 Å². The van der Waals surface area contributed by atoms with Gasteiger partial charge in [-0.3, -0.25) is 4.79 Å². The van der Waals surface area contributed by atoms with Gasteiger partial charge in [0, 0.05) is 18.2 Å². The summed E-state index contributed by atoms with van der Waals surface area (Å²) in [6.07, 6.45) is 2.17. The molecule has 0 unspecified atom stereocenters. The van der Waals surface area contributed by atoms with E-state index >= 15 is 0 Å². The Hall–Kier alpha value is -1.75. The van der Waals surface area contributed by atoms with E-state index in [1.165, 1.54) is 0 Å². The van der Waals surface area contributed by atoms with Crippen LogP contribution in [0.15, 0.2) is 18.2 Å². The SMILES string of the molecule is CC.CN1CCC[C@@H](NC(=O)c2ccc3c(c2)OCCO3)C1. The molecule has 0 spiro atoms. The van der Waals surface area contributed by atoms with Gasteiger partial charge in [-0.1, -0.05) is 13.8 Å². The molecule has 0 aliphatic carbocycles. The molecule has 22 heavy (non-hydrogen) atoms. The number of rotatable bonds is 2. The third-order valence-electron chi connectivity index (χ3n) is 3.76. The first-order chi connectivity index (χ1) is 10.7. The molecule has 1 fully saturated rings. The Labute approximate surface area is 132 Å². The number of hydrogen-bond donors (Lipinski definition) is 1. The van der Waals surface area contributed by atoms with E-state index in [-0.39, 0.29) is 11.9 Å². The number of nitrogens with one attached hydrogen (secondary N) is 1. The normalized spacial score (nSPS) is 20.6. The number of fused-ring (bicyclic) bond motifs is 1. The van der Waals surface area contributed by atoms with Crippen molar-refractivity contribution in [2.45, 2.75) is 32.7 Å². The summed E-state index contributed by atoms with van der Waals surface area (Å²) in [6, 6.07) is 5.58. The quantitative estimate of drug-likeness (QED) is 0.911. The summed E-state index contributed by atoms with van der Waals surface area (Å²) in [5, 5.41) is 3.10. The maximum atomic E-state index is 12.3. The molecule has 1 saturated heterocycles. The highest BCUT2D eigenvalue weighted by Gasteiger charge is 2.21. The second-order valence-electron chi connectivity index (χ2n) is 5.43. The van der Waals surface area contributed by atoms with E-state index < -0.39 is 0 Å². The highest BCUT2D eigenvalue weighted by molar-refractivity contribution is 5.95. The largest absolute Gasteiger partial charge is 0.486 e. The molecule has 3 rings (SSSR count). The lowest BCUT2D eigenvalue weighted by Crippen LogP contribution is -2.46. The molecule has 122 valence electrons. The van der Waals surface area contributed by atoms with Crippen LogP contribution in [0.4, 0.5) is 0 Å². The van der Waals surface area contributed by atoms with E-state index in [0.29, 0.717) is 30.3 Å². The number of likely N-dealkylation sites (N-methyl/N-ethyl adjacent to an activating group) is 1. The molecule has 1 amide bonds. The third-order valence-corrected chi connectivity index (χ3v) is 3.76. The first-order valence-corrected chi connectivity index (χ1v) is 8.11. The fourth-order valence-corrected chi connectivity index (χ4v) is 2.74. The van der Waals surface area contributed by atoms with Crippen LogP contribution in [0, 0.1) is 0 Å². The van der Waals surface area contributed by atoms with Crippen LogP contribution in [0.1, 0.15) is 37.0 Å². The topological polar surface area (TPSA) is 50.8 Å². The second-order valence-corrected chi connectivity index (χ2v) is 5.43. The van der Waals surface area contributed by atoms with Gasteiger partial charge < -0.3 is 19.7 Å². The van der Waals surface area contributed by atoms with Gasteiger partial charge >= 0.3 is 0 Å². The molecule has 0 saturated carbocycles. The Bertz CT molecular complexity index is 505. The van der Waals surface area contributed by atoms with Gasteiger partial charge in [0.2, 0.25) is 0 Å². The summed E-state index contributed by atoms with van der Waals surface area (Å²) in [5.41, 5.74) is 0.627. The zero-order valence-electron chi connectivity index (χ0n) is 13.7. The van der Waals surface area contributed by atoms with Gasteiger partial charge in [0.25, 0.3) is 5.91 Å². The smallest absolute Gasteiger partial charge is 0.251 e. The molecule has 1 N–H and O–H groups in total. The summed E-state index contributed by atoms with van der Waals surface area (Å²) in [7, 11) is 2.09. The van der Waals surface area contributed by atoms with E-state index in [2.05, 4.69) is 17.3 Å². The van der Waals surface area contributed by atoms with Crippen molar-refractivity contribution in [3.8, 4) is 11.5 Å². The zero-order chi connectivity index (χ0) is 15.9. The van der Waals surface area contributed by atoms with Crippen LogP contribution in [0.3, 0.4) is 0 Å². The summed E-state index contributed by atoms with van der Waals surface area (Å²) in [5.74, 6) is 1.33. The summed E-state index contributed by atoms with van der Waals surface area (Å²) in [4.78, 5) is 14.5. The predicted octanol–water partition coefficient (Wildman–Crippen LogP) is 2.31. The number of carbonyl (C=O) groups is 1. The number of carbonyl (C=O) groups excluding carboxylic acids is 1. The number of hydrogen-bond acceptors (Lipinski definition) is 4. The maximum absolute atomic E-state index is 12.3. The minimum absolute atomic E-state index is 0.0396. The molecular weight excluding hydrogens is 280 g/mol. The van der Waals surface area contributed by atoms with E-state index in [0.717, 1.165) is 25.9 Å². The minimum Gasteiger partial charge on any atom is -0.486 e. The Morgan fingerprint density at radius 1 is 1.23 bits per heavy atom. The van der Waals surface area contributed by atoms with Crippen LogP contribution in [-0.4, -0.2) is 50.2 Å². The van der Waals surface area contributed by atoms with Crippen molar-refractivity contribution in [1.29, 1.82) is 0 Å². The van der Waals surface area contributed by atoms with Crippen LogP contribution in [0.2, 0.25) is 0 Å². The number of nitrogens with zero attached hydrogens (tertiary/aromatic N) is 1. The predicted molar refractivity (Wildman–Crippen MR) is 86.8 cm³/mol. The monoisotopic (exact) mass is 306 g/mol. The highest BCUT2D eigenvalue weighted by atomic mass is 16.6. The van der Waals surface area contributed by atoms with E-state index in [4.69, 9.17) is 9.47 Å². The third kappa shape index (κ3) is 4.13. The van der Waals surface area contributed by atoms with Crippen molar-refractivity contribution in [1.82, 2.24) is 10.2 Å². The number of piperidine rings is 1. The van der Waals surface area contributed by atoms with Gasteiger partial charge in [-0.05, 0) is 44.6 Å². The van der Waals surface area contributed by atoms with Gasteiger partial charge in [0.05, 0.1) is 0 Å². The number of likely N-dealkylation sites (tertiary alicyclic amines) is 1. The van der Waals surface area contributed by atoms with E-state index in [9.17, 15) is 4.79 Å². The molecule has 5 heteroatoms. The molecule has 0 aromatic heterocycles. The van der Waals surface area contributed by atoms with Crippen LogP contribution in [0.5, 0.6) is 11.5 Å². The van der Waals surface area contributed by atoms with Crippen molar-refractivity contribution in [3.05, 3.63) is 23.8 Å². The molecule has 1 aromatic rings. The Morgan fingerprint density at radius 3 is 2.68 bits per heavy atom. The van der Waals surface area contributed by atoms with Crippen LogP contribution in [-0.2, 0) is 0 Å². The molecule has 1 atom stereocenters. The zero-order valence-corrected chi connectivity index (χ0v) is 13.7. The molecule has 2 heterocycles. The van der Waals surface area contributed by atoms with Gasteiger partial charge in [-0.15, -0.1) is 0 Å². The molecule has 0 bridgehead atoms. The lowest BCUT2D eigenvalue weighted by atomic mass is 10.1. The number of amides is 1. The van der Waals surface area contributed by atoms with E-state index in [1.807, 2.05) is 13.8 Å². The molecular formula is C17H26N2O3. The standard InChI is InChI=1S/C15H20N2O3.C2H6/c1-17-6-2-3-12(10-17)16-15(18)11-4-5-13-14(9-11)20-8-7-19-13;1-2/h4-5,9,12H,2-3,6-8,10H2,1H3,(H,16,18);1-2H3/t12-;/m1./s1. The molecule has 2 aliphatic heterocycles. The number of ether oxygens (including phenoxy) is 2. The van der Waals surface area contributed by atoms with Gasteiger partial charge in [0.1, 0.15) is 13.2 Å². The van der Waals surface area contributed by atoms with Gasteiger partial charge in [0.15, 0.2) is 11.5 Å². The molecule has 5 nitrogen and oxygen atoms in total. The first kappa shape index (κ1) is 16.6. The van der Waals surface area contributed by atoms with Crippen molar-refractivity contribution < 1.29 is 14.3 Å². The Balaban J connectivity index is 0.000000847. The van der Waals surface area contributed by atoms with E-state index in [1.54, 1.807) is 18.2 Å². The summed E-state index contributed by atoms with van der Waals surface area (Å²) >= 11 is 0. The number of benzene rings is 1. The lowest BCUT2D eigenvalue weighted by Gasteiger charge is -2.30. The highest BCUT2D eigenvalue weighted by Crippen LogP contribution is 2.30.